The Morgan fingerprint density at radius 3 is 2.59 bits per heavy atom. The summed E-state index contributed by atoms with van der Waals surface area (Å²) < 4.78 is 0. The molecule has 6 heteroatoms. The number of nitrogens with zero attached hydrogens (tertiary/aromatic N) is 4. The molecule has 0 fully saturated rings. The summed E-state index contributed by atoms with van der Waals surface area (Å²) in [7, 11) is 6.29. The molecule has 0 spiro atoms. The first-order valence-corrected chi connectivity index (χ1v) is 6.83. The third kappa shape index (κ3) is 5.95. The van der Waals surface area contributed by atoms with E-state index in [9.17, 15) is 0 Å². The summed E-state index contributed by atoms with van der Waals surface area (Å²) >= 11 is 1.65. The molecule has 0 amide bonds. The van der Waals surface area contributed by atoms with E-state index in [1.165, 1.54) is 0 Å². The minimum Gasteiger partial charge on any atom is -0.360 e. The Bertz CT molecular complexity index is 313. The van der Waals surface area contributed by atoms with Crippen LogP contribution in [0.25, 0.3) is 0 Å². The van der Waals surface area contributed by atoms with Gasteiger partial charge in [0.2, 0.25) is 5.13 Å². The maximum Gasteiger partial charge on any atom is 0.205 e. The van der Waals surface area contributed by atoms with Gasteiger partial charge in [-0.2, -0.15) is 0 Å². The second kappa shape index (κ2) is 7.58. The van der Waals surface area contributed by atoms with Gasteiger partial charge in [-0.1, -0.05) is 18.3 Å². The number of nitrogens with one attached hydrogen (secondary N) is 1. The van der Waals surface area contributed by atoms with Crippen molar-refractivity contribution in [2.45, 2.75) is 19.9 Å². The molecule has 0 unspecified atom stereocenters. The number of anilines is 1. The second-order valence-electron chi connectivity index (χ2n) is 4.47. The monoisotopic (exact) mass is 257 g/mol. The molecule has 1 aromatic heterocycles. The molecule has 1 N–H and O–H groups in total. The quantitative estimate of drug-likeness (QED) is 0.761. The molecule has 0 aliphatic rings. The van der Waals surface area contributed by atoms with Crippen LogP contribution in [0.5, 0.6) is 0 Å². The number of hydrogen-bond acceptors (Lipinski definition) is 6. The zero-order chi connectivity index (χ0) is 12.7. The first kappa shape index (κ1) is 14.3. The van der Waals surface area contributed by atoms with Crippen molar-refractivity contribution in [1.82, 2.24) is 20.0 Å². The molecule has 98 valence electrons. The van der Waals surface area contributed by atoms with Gasteiger partial charge in [0, 0.05) is 19.6 Å². The molecule has 17 heavy (non-hydrogen) atoms. The first-order valence-electron chi connectivity index (χ1n) is 6.01. The maximum atomic E-state index is 4.19. The van der Waals surface area contributed by atoms with E-state index in [4.69, 9.17) is 0 Å². The highest BCUT2D eigenvalue weighted by molar-refractivity contribution is 7.15. The third-order valence-electron chi connectivity index (χ3n) is 2.33. The molecule has 0 saturated carbocycles. The van der Waals surface area contributed by atoms with Gasteiger partial charge in [0.25, 0.3) is 0 Å². The summed E-state index contributed by atoms with van der Waals surface area (Å²) in [5, 5.41) is 13.6. The Morgan fingerprint density at radius 1 is 1.18 bits per heavy atom. The Labute approximate surface area is 108 Å². The van der Waals surface area contributed by atoms with Crippen LogP contribution in [-0.4, -0.2) is 60.8 Å². The van der Waals surface area contributed by atoms with Crippen molar-refractivity contribution in [1.29, 1.82) is 0 Å². The van der Waals surface area contributed by atoms with E-state index in [0.29, 0.717) is 0 Å². The molecule has 1 heterocycles. The van der Waals surface area contributed by atoms with Gasteiger partial charge in [0.15, 0.2) is 0 Å². The SMILES string of the molecule is CCCNc1nnc(CN(C)CCN(C)C)s1. The number of hydrogen-bond donors (Lipinski definition) is 1. The summed E-state index contributed by atoms with van der Waals surface area (Å²) in [6, 6.07) is 0. The molecule has 0 atom stereocenters. The molecule has 0 saturated heterocycles. The standard InChI is InChI=1S/C11H23N5S/c1-5-6-12-11-14-13-10(17-11)9-16(4)8-7-15(2)3/h5-9H2,1-4H3,(H,12,14). The van der Waals surface area contributed by atoms with Gasteiger partial charge in [-0.15, -0.1) is 10.2 Å². The summed E-state index contributed by atoms with van der Waals surface area (Å²) in [4.78, 5) is 4.45. The van der Waals surface area contributed by atoms with Crippen LogP contribution in [0, 0.1) is 0 Å². The Hall–Kier alpha value is -0.720. The second-order valence-corrected chi connectivity index (χ2v) is 5.53. The van der Waals surface area contributed by atoms with Crippen LogP contribution in [0.4, 0.5) is 5.13 Å². The minimum absolute atomic E-state index is 0.874. The molecule has 0 aliphatic carbocycles. The van der Waals surface area contributed by atoms with Crippen molar-refractivity contribution < 1.29 is 0 Å². The molecule has 1 rings (SSSR count). The lowest BCUT2D eigenvalue weighted by Crippen LogP contribution is -2.28. The molecular weight excluding hydrogens is 234 g/mol. The van der Waals surface area contributed by atoms with E-state index in [-0.39, 0.29) is 0 Å². The van der Waals surface area contributed by atoms with Gasteiger partial charge >= 0.3 is 0 Å². The smallest absolute Gasteiger partial charge is 0.205 e. The summed E-state index contributed by atoms with van der Waals surface area (Å²) in [5.74, 6) is 0. The highest BCUT2D eigenvalue weighted by Gasteiger charge is 2.06. The van der Waals surface area contributed by atoms with Crippen LogP contribution in [0.2, 0.25) is 0 Å². The van der Waals surface area contributed by atoms with Crippen LogP contribution in [-0.2, 0) is 6.54 Å². The van der Waals surface area contributed by atoms with Crippen LogP contribution >= 0.6 is 11.3 Å². The van der Waals surface area contributed by atoms with E-state index in [2.05, 4.69) is 53.4 Å². The van der Waals surface area contributed by atoms with E-state index < -0.39 is 0 Å². The lowest BCUT2D eigenvalue weighted by Gasteiger charge is -2.17. The summed E-state index contributed by atoms with van der Waals surface area (Å²) in [6.45, 7) is 6.09. The molecular formula is C11H23N5S. The van der Waals surface area contributed by atoms with Gasteiger partial charge in [-0.05, 0) is 27.6 Å². The number of rotatable bonds is 8. The highest BCUT2D eigenvalue weighted by atomic mass is 32.1. The van der Waals surface area contributed by atoms with Crippen LogP contribution in [0.1, 0.15) is 18.4 Å². The average molecular weight is 257 g/mol. The van der Waals surface area contributed by atoms with Crippen LogP contribution < -0.4 is 5.32 Å². The minimum atomic E-state index is 0.874. The molecule has 0 radical (unpaired) electrons. The zero-order valence-corrected chi connectivity index (χ0v) is 12.0. The van der Waals surface area contributed by atoms with Crippen molar-refractivity contribution >= 4 is 16.5 Å². The largest absolute Gasteiger partial charge is 0.360 e. The number of aromatic nitrogens is 2. The van der Waals surface area contributed by atoms with E-state index in [1.807, 2.05) is 0 Å². The normalized spacial score (nSPS) is 11.4. The topological polar surface area (TPSA) is 44.3 Å². The lowest BCUT2D eigenvalue weighted by atomic mass is 10.5. The van der Waals surface area contributed by atoms with E-state index in [1.54, 1.807) is 11.3 Å². The Morgan fingerprint density at radius 2 is 1.94 bits per heavy atom. The summed E-state index contributed by atoms with van der Waals surface area (Å²) in [6.07, 6.45) is 1.11. The van der Waals surface area contributed by atoms with Gasteiger partial charge in [0.1, 0.15) is 5.01 Å². The fraction of sp³-hybridized carbons (Fsp3) is 0.818. The van der Waals surface area contributed by atoms with Crippen molar-refractivity contribution in [2.24, 2.45) is 0 Å². The molecule has 0 aromatic carbocycles. The van der Waals surface area contributed by atoms with Gasteiger partial charge in [0.05, 0.1) is 6.54 Å². The average Bonchev–Trinajstić information content (AvgIpc) is 2.71. The zero-order valence-electron chi connectivity index (χ0n) is 11.2. The van der Waals surface area contributed by atoms with Gasteiger partial charge in [-0.25, -0.2) is 0 Å². The molecule has 0 bridgehead atoms. The van der Waals surface area contributed by atoms with Crippen LogP contribution in [0.3, 0.4) is 0 Å². The summed E-state index contributed by atoms with van der Waals surface area (Å²) in [5.41, 5.74) is 0. The third-order valence-corrected chi connectivity index (χ3v) is 3.19. The fourth-order valence-corrected chi connectivity index (χ4v) is 2.15. The predicted molar refractivity (Wildman–Crippen MR) is 73.6 cm³/mol. The fourth-order valence-electron chi connectivity index (χ4n) is 1.30. The molecule has 0 aliphatic heterocycles. The molecule has 1 aromatic rings. The van der Waals surface area contributed by atoms with Crippen LogP contribution in [0.15, 0.2) is 0 Å². The Balaban J connectivity index is 2.32. The van der Waals surface area contributed by atoms with Crippen molar-refractivity contribution in [3.8, 4) is 0 Å². The molecule has 5 nitrogen and oxygen atoms in total. The maximum absolute atomic E-state index is 4.19. The van der Waals surface area contributed by atoms with Crippen molar-refractivity contribution in [3.63, 3.8) is 0 Å². The van der Waals surface area contributed by atoms with Gasteiger partial charge in [-0.3, -0.25) is 4.90 Å². The predicted octanol–water partition coefficient (Wildman–Crippen LogP) is 1.35. The van der Waals surface area contributed by atoms with Crippen molar-refractivity contribution in [3.05, 3.63) is 5.01 Å². The van der Waals surface area contributed by atoms with Gasteiger partial charge < -0.3 is 10.2 Å². The first-order chi connectivity index (χ1) is 8.11. The Kier molecular flexibility index (Phi) is 6.39. The van der Waals surface area contributed by atoms with E-state index >= 15 is 0 Å². The lowest BCUT2D eigenvalue weighted by molar-refractivity contribution is 0.275. The van der Waals surface area contributed by atoms with E-state index in [0.717, 1.165) is 42.7 Å². The highest BCUT2D eigenvalue weighted by Crippen LogP contribution is 2.16. The van der Waals surface area contributed by atoms with Crippen molar-refractivity contribution in [2.75, 3.05) is 46.1 Å². The number of likely N-dealkylation sites (N-methyl/N-ethyl adjacent to an activating group) is 2.